The fourth-order valence-corrected chi connectivity index (χ4v) is 4.66. The molecular weight excluding hydrogens is 354 g/mol. The number of nitrogens with one attached hydrogen (secondary N) is 1. The zero-order valence-corrected chi connectivity index (χ0v) is 16.7. The number of sulfonamides is 1. The van der Waals surface area contributed by atoms with Crippen molar-refractivity contribution in [2.45, 2.75) is 31.7 Å². The highest BCUT2D eigenvalue weighted by Gasteiger charge is 2.24. The predicted octanol–water partition coefficient (Wildman–Crippen LogP) is 3.37. The van der Waals surface area contributed by atoms with E-state index in [9.17, 15) is 8.42 Å². The molecule has 0 saturated heterocycles. The monoisotopic (exact) mass is 379 g/mol. The number of ether oxygens (including phenoxy) is 3. The van der Waals surface area contributed by atoms with Gasteiger partial charge in [0.2, 0.25) is 10.0 Å². The van der Waals surface area contributed by atoms with Crippen LogP contribution in [0.1, 0.15) is 29.7 Å². The maximum Gasteiger partial charge on any atom is 0.241 e. The average molecular weight is 379 g/mol. The van der Waals surface area contributed by atoms with Crippen molar-refractivity contribution in [1.82, 2.24) is 4.72 Å². The molecule has 1 atom stereocenters. The summed E-state index contributed by atoms with van der Waals surface area (Å²) in [5.74, 6) is 1.84. The Morgan fingerprint density at radius 1 is 0.885 bits per heavy atom. The third-order valence-electron chi connectivity index (χ3n) is 4.17. The van der Waals surface area contributed by atoms with Crippen LogP contribution >= 0.6 is 0 Å². The first-order valence-electron chi connectivity index (χ1n) is 8.13. The summed E-state index contributed by atoms with van der Waals surface area (Å²) < 4.78 is 44.5. The van der Waals surface area contributed by atoms with E-state index in [-0.39, 0.29) is 4.90 Å². The van der Waals surface area contributed by atoms with E-state index in [2.05, 4.69) is 4.72 Å². The van der Waals surface area contributed by atoms with Crippen LogP contribution in [0, 0.1) is 13.8 Å². The van der Waals surface area contributed by atoms with Crippen LogP contribution in [0.4, 0.5) is 0 Å². The molecule has 7 heteroatoms. The first kappa shape index (κ1) is 20.1. The van der Waals surface area contributed by atoms with Gasteiger partial charge in [-0.3, -0.25) is 0 Å². The number of methoxy groups -OCH3 is 3. The van der Waals surface area contributed by atoms with Gasteiger partial charge in [0.15, 0.2) is 0 Å². The molecule has 142 valence electrons. The normalized spacial score (nSPS) is 12.5. The van der Waals surface area contributed by atoms with E-state index in [1.165, 1.54) is 0 Å². The number of rotatable bonds is 7. The Morgan fingerprint density at radius 2 is 1.46 bits per heavy atom. The van der Waals surface area contributed by atoms with Crippen molar-refractivity contribution >= 4 is 10.0 Å². The van der Waals surface area contributed by atoms with Gasteiger partial charge in [0.1, 0.15) is 17.2 Å². The highest BCUT2D eigenvalue weighted by atomic mass is 32.2. The fourth-order valence-electron chi connectivity index (χ4n) is 2.99. The minimum absolute atomic E-state index is 0.256. The molecular formula is C19H25NO5S. The van der Waals surface area contributed by atoms with Crippen LogP contribution in [0.2, 0.25) is 0 Å². The van der Waals surface area contributed by atoms with Gasteiger partial charge in [0, 0.05) is 11.6 Å². The molecule has 1 N–H and O–H groups in total. The highest BCUT2D eigenvalue weighted by molar-refractivity contribution is 7.89. The molecule has 2 aromatic rings. The molecule has 0 fully saturated rings. The zero-order valence-electron chi connectivity index (χ0n) is 15.9. The topological polar surface area (TPSA) is 73.9 Å². The van der Waals surface area contributed by atoms with Crippen LogP contribution in [0.15, 0.2) is 35.2 Å². The lowest BCUT2D eigenvalue weighted by atomic mass is 10.1. The molecule has 0 aromatic heterocycles. The Balaban J connectivity index is 2.41. The van der Waals surface area contributed by atoms with Crippen LogP contribution in [0.5, 0.6) is 17.2 Å². The molecule has 0 unspecified atom stereocenters. The summed E-state index contributed by atoms with van der Waals surface area (Å²) in [6.07, 6.45) is 0. The standard InChI is InChI=1S/C19H25NO5S/c1-12-9-16(24-5)10-13(2)19(12)26(21,22)20-14(3)17-11-15(23-4)7-8-18(17)25-6/h7-11,14,20H,1-6H3/t14-/m0/s1. The summed E-state index contributed by atoms with van der Waals surface area (Å²) in [6.45, 7) is 5.27. The van der Waals surface area contributed by atoms with E-state index in [1.807, 2.05) is 0 Å². The summed E-state index contributed by atoms with van der Waals surface area (Å²) in [7, 11) is 0.919. The SMILES string of the molecule is COc1cc(C)c(S(=O)(=O)N[C@@H](C)c2cc(OC)ccc2OC)c(C)c1. The third kappa shape index (κ3) is 4.11. The second-order valence-electron chi connectivity index (χ2n) is 6.04. The van der Waals surface area contributed by atoms with Crippen LogP contribution in [0.3, 0.4) is 0 Å². The first-order chi connectivity index (χ1) is 12.2. The zero-order chi connectivity index (χ0) is 19.5. The van der Waals surface area contributed by atoms with Crippen molar-refractivity contribution in [3.8, 4) is 17.2 Å². The molecule has 2 rings (SSSR count). The largest absolute Gasteiger partial charge is 0.497 e. The van der Waals surface area contributed by atoms with E-state index in [0.717, 1.165) is 0 Å². The molecule has 6 nitrogen and oxygen atoms in total. The molecule has 0 aliphatic heterocycles. The summed E-state index contributed by atoms with van der Waals surface area (Å²) in [6, 6.07) is 8.19. The van der Waals surface area contributed by atoms with Crippen LogP contribution in [-0.2, 0) is 10.0 Å². The number of hydrogen-bond acceptors (Lipinski definition) is 5. The fraction of sp³-hybridized carbons (Fsp3) is 0.368. The minimum Gasteiger partial charge on any atom is -0.497 e. The lowest BCUT2D eigenvalue weighted by Crippen LogP contribution is -2.28. The Kier molecular flexibility index (Phi) is 6.15. The van der Waals surface area contributed by atoms with Gasteiger partial charge in [0.05, 0.1) is 26.2 Å². The molecule has 0 radical (unpaired) electrons. The van der Waals surface area contributed by atoms with E-state index in [1.54, 1.807) is 72.4 Å². The third-order valence-corrected chi connectivity index (χ3v) is 6.02. The molecule has 0 saturated carbocycles. The Labute approximate surface area is 155 Å². The summed E-state index contributed by atoms with van der Waals surface area (Å²) in [5.41, 5.74) is 1.94. The summed E-state index contributed by atoms with van der Waals surface area (Å²) in [5, 5.41) is 0. The van der Waals surface area contributed by atoms with Gasteiger partial charge in [0.25, 0.3) is 0 Å². The summed E-state index contributed by atoms with van der Waals surface area (Å²) in [4.78, 5) is 0.256. The quantitative estimate of drug-likeness (QED) is 0.798. The second kappa shape index (κ2) is 7.97. The van der Waals surface area contributed by atoms with Crippen molar-refractivity contribution < 1.29 is 22.6 Å². The lowest BCUT2D eigenvalue weighted by Gasteiger charge is -2.20. The smallest absolute Gasteiger partial charge is 0.241 e. The van der Waals surface area contributed by atoms with Crippen molar-refractivity contribution in [3.05, 3.63) is 47.0 Å². The number of hydrogen-bond donors (Lipinski definition) is 1. The Hall–Kier alpha value is -2.25. The van der Waals surface area contributed by atoms with Crippen LogP contribution < -0.4 is 18.9 Å². The Morgan fingerprint density at radius 3 is 1.96 bits per heavy atom. The van der Waals surface area contributed by atoms with Gasteiger partial charge in [-0.15, -0.1) is 0 Å². The minimum atomic E-state index is -3.74. The summed E-state index contributed by atoms with van der Waals surface area (Å²) >= 11 is 0. The first-order valence-corrected chi connectivity index (χ1v) is 9.61. The van der Waals surface area contributed by atoms with Gasteiger partial charge < -0.3 is 14.2 Å². The van der Waals surface area contributed by atoms with Crippen molar-refractivity contribution in [3.63, 3.8) is 0 Å². The molecule has 0 heterocycles. The molecule has 2 aromatic carbocycles. The van der Waals surface area contributed by atoms with Gasteiger partial charge in [-0.1, -0.05) is 0 Å². The molecule has 26 heavy (non-hydrogen) atoms. The lowest BCUT2D eigenvalue weighted by molar-refractivity contribution is 0.395. The van der Waals surface area contributed by atoms with Crippen LogP contribution in [-0.4, -0.2) is 29.7 Å². The average Bonchev–Trinajstić information content (AvgIpc) is 2.59. The van der Waals surface area contributed by atoms with Gasteiger partial charge >= 0.3 is 0 Å². The maximum atomic E-state index is 13.0. The van der Waals surface area contributed by atoms with E-state index in [0.29, 0.717) is 33.9 Å². The van der Waals surface area contributed by atoms with E-state index < -0.39 is 16.1 Å². The van der Waals surface area contributed by atoms with Crippen molar-refractivity contribution in [1.29, 1.82) is 0 Å². The molecule has 0 aliphatic rings. The highest BCUT2D eigenvalue weighted by Crippen LogP contribution is 2.31. The van der Waals surface area contributed by atoms with Crippen LogP contribution in [0.25, 0.3) is 0 Å². The van der Waals surface area contributed by atoms with Gasteiger partial charge in [-0.2, -0.15) is 0 Å². The second-order valence-corrected chi connectivity index (χ2v) is 7.69. The number of aryl methyl sites for hydroxylation is 2. The van der Waals surface area contributed by atoms with Gasteiger partial charge in [-0.05, 0) is 62.2 Å². The molecule has 0 amide bonds. The molecule has 0 bridgehead atoms. The maximum absolute atomic E-state index is 13.0. The predicted molar refractivity (Wildman–Crippen MR) is 101 cm³/mol. The molecule has 0 aliphatic carbocycles. The van der Waals surface area contributed by atoms with Gasteiger partial charge in [-0.25, -0.2) is 13.1 Å². The Bertz CT molecular complexity index is 870. The molecule has 0 spiro atoms. The van der Waals surface area contributed by atoms with Crippen molar-refractivity contribution in [2.24, 2.45) is 0 Å². The van der Waals surface area contributed by atoms with Crippen molar-refractivity contribution in [2.75, 3.05) is 21.3 Å². The van der Waals surface area contributed by atoms with E-state index in [4.69, 9.17) is 14.2 Å². The number of benzene rings is 2. The van der Waals surface area contributed by atoms with E-state index >= 15 is 0 Å².